The predicted octanol–water partition coefficient (Wildman–Crippen LogP) is 1.27. The summed E-state index contributed by atoms with van der Waals surface area (Å²) in [7, 11) is 0. The van der Waals surface area contributed by atoms with Crippen molar-refractivity contribution in [3.8, 4) is 0 Å². The van der Waals surface area contributed by atoms with Crippen LogP contribution in [0.15, 0.2) is 36.9 Å². The highest BCUT2D eigenvalue weighted by molar-refractivity contribution is 5.28. The lowest BCUT2D eigenvalue weighted by Gasteiger charge is -2.14. The molecule has 0 saturated heterocycles. The smallest absolute Gasteiger partial charge is 0.125 e. The standard InChI is InChI=1S/C12H14N4/c1-9-15-7-11(8-16-9)12(6-13)10-2-4-14-5-3-10/h2-5,7-8,12H,6,13H2,1H3. The Labute approximate surface area is 94.6 Å². The summed E-state index contributed by atoms with van der Waals surface area (Å²) >= 11 is 0. The molecular formula is C12H14N4. The fourth-order valence-electron chi connectivity index (χ4n) is 1.64. The van der Waals surface area contributed by atoms with E-state index in [1.54, 1.807) is 12.4 Å². The molecule has 82 valence electrons. The summed E-state index contributed by atoms with van der Waals surface area (Å²) in [6, 6.07) is 3.94. The summed E-state index contributed by atoms with van der Waals surface area (Å²) in [6.45, 7) is 2.41. The number of aryl methyl sites for hydroxylation is 1. The molecule has 0 aliphatic carbocycles. The summed E-state index contributed by atoms with van der Waals surface area (Å²) in [5.74, 6) is 0.915. The van der Waals surface area contributed by atoms with Crippen LogP contribution in [0.1, 0.15) is 22.9 Å². The van der Waals surface area contributed by atoms with Gasteiger partial charge in [-0.3, -0.25) is 4.98 Å². The fraction of sp³-hybridized carbons (Fsp3) is 0.250. The molecule has 0 aromatic carbocycles. The molecule has 1 unspecified atom stereocenters. The van der Waals surface area contributed by atoms with Crippen molar-refractivity contribution < 1.29 is 0 Å². The van der Waals surface area contributed by atoms with Gasteiger partial charge in [0.05, 0.1) is 0 Å². The molecule has 4 nitrogen and oxygen atoms in total. The summed E-state index contributed by atoms with van der Waals surface area (Å²) in [5, 5.41) is 0. The van der Waals surface area contributed by atoms with Crippen LogP contribution in [0.5, 0.6) is 0 Å². The van der Waals surface area contributed by atoms with E-state index in [0.717, 1.165) is 17.0 Å². The van der Waals surface area contributed by atoms with Crippen LogP contribution in [-0.2, 0) is 0 Å². The van der Waals surface area contributed by atoms with Gasteiger partial charge in [-0.1, -0.05) is 0 Å². The number of hydrogen-bond donors (Lipinski definition) is 1. The average Bonchev–Trinajstić information content (AvgIpc) is 2.34. The van der Waals surface area contributed by atoms with Gasteiger partial charge in [0.15, 0.2) is 0 Å². The number of pyridine rings is 1. The van der Waals surface area contributed by atoms with E-state index in [2.05, 4.69) is 15.0 Å². The molecule has 4 heteroatoms. The van der Waals surface area contributed by atoms with E-state index in [1.807, 2.05) is 31.5 Å². The van der Waals surface area contributed by atoms with E-state index < -0.39 is 0 Å². The van der Waals surface area contributed by atoms with Crippen molar-refractivity contribution in [2.45, 2.75) is 12.8 Å². The third kappa shape index (κ3) is 2.23. The Morgan fingerprint density at radius 3 is 2.31 bits per heavy atom. The van der Waals surface area contributed by atoms with Crippen molar-refractivity contribution in [3.05, 3.63) is 53.9 Å². The topological polar surface area (TPSA) is 64.7 Å². The van der Waals surface area contributed by atoms with Crippen LogP contribution in [0.2, 0.25) is 0 Å². The molecule has 1 atom stereocenters. The Morgan fingerprint density at radius 2 is 1.75 bits per heavy atom. The van der Waals surface area contributed by atoms with Crippen LogP contribution >= 0.6 is 0 Å². The van der Waals surface area contributed by atoms with Crippen molar-refractivity contribution in [3.63, 3.8) is 0 Å². The number of aromatic nitrogens is 3. The van der Waals surface area contributed by atoms with E-state index in [4.69, 9.17) is 5.73 Å². The highest BCUT2D eigenvalue weighted by Gasteiger charge is 2.12. The summed E-state index contributed by atoms with van der Waals surface area (Å²) in [5.41, 5.74) is 7.98. The predicted molar refractivity (Wildman–Crippen MR) is 61.9 cm³/mol. The monoisotopic (exact) mass is 214 g/mol. The van der Waals surface area contributed by atoms with E-state index in [-0.39, 0.29) is 5.92 Å². The number of nitrogens with two attached hydrogens (primary N) is 1. The van der Waals surface area contributed by atoms with E-state index in [1.165, 1.54) is 0 Å². The Kier molecular flexibility index (Phi) is 3.22. The van der Waals surface area contributed by atoms with E-state index >= 15 is 0 Å². The van der Waals surface area contributed by atoms with Gasteiger partial charge in [0.2, 0.25) is 0 Å². The Hall–Kier alpha value is -1.81. The summed E-state index contributed by atoms with van der Waals surface area (Å²) in [4.78, 5) is 12.4. The molecule has 16 heavy (non-hydrogen) atoms. The van der Waals surface area contributed by atoms with Crippen LogP contribution in [0.4, 0.5) is 0 Å². The number of rotatable bonds is 3. The van der Waals surface area contributed by atoms with Gasteiger partial charge in [0, 0.05) is 37.3 Å². The molecule has 0 radical (unpaired) electrons. The molecule has 0 aliphatic heterocycles. The molecule has 0 spiro atoms. The molecule has 2 aromatic rings. The van der Waals surface area contributed by atoms with Gasteiger partial charge in [-0.2, -0.15) is 0 Å². The van der Waals surface area contributed by atoms with Gasteiger partial charge in [-0.05, 0) is 30.2 Å². The zero-order valence-electron chi connectivity index (χ0n) is 9.17. The zero-order valence-corrected chi connectivity index (χ0v) is 9.17. The minimum absolute atomic E-state index is 0.142. The molecule has 2 heterocycles. The van der Waals surface area contributed by atoms with Gasteiger partial charge in [-0.25, -0.2) is 9.97 Å². The van der Waals surface area contributed by atoms with Crippen molar-refractivity contribution >= 4 is 0 Å². The maximum atomic E-state index is 5.80. The van der Waals surface area contributed by atoms with Crippen LogP contribution < -0.4 is 5.73 Å². The highest BCUT2D eigenvalue weighted by atomic mass is 14.8. The molecule has 2 rings (SSSR count). The van der Waals surface area contributed by atoms with Crippen LogP contribution in [-0.4, -0.2) is 21.5 Å². The first-order valence-electron chi connectivity index (χ1n) is 5.20. The number of nitrogens with zero attached hydrogens (tertiary/aromatic N) is 3. The molecule has 2 aromatic heterocycles. The van der Waals surface area contributed by atoms with Crippen LogP contribution in [0, 0.1) is 6.92 Å². The zero-order chi connectivity index (χ0) is 11.4. The number of hydrogen-bond acceptors (Lipinski definition) is 4. The minimum Gasteiger partial charge on any atom is -0.330 e. The first-order chi connectivity index (χ1) is 7.81. The first kappa shape index (κ1) is 10.7. The molecule has 0 aliphatic rings. The van der Waals surface area contributed by atoms with Crippen molar-refractivity contribution in [1.29, 1.82) is 0 Å². The maximum absolute atomic E-state index is 5.80. The quantitative estimate of drug-likeness (QED) is 0.835. The lowest BCUT2D eigenvalue weighted by Crippen LogP contribution is -2.14. The molecular weight excluding hydrogens is 200 g/mol. The third-order valence-corrected chi connectivity index (χ3v) is 2.55. The third-order valence-electron chi connectivity index (χ3n) is 2.55. The van der Waals surface area contributed by atoms with Crippen LogP contribution in [0.25, 0.3) is 0 Å². The second kappa shape index (κ2) is 4.81. The molecule has 0 bridgehead atoms. The minimum atomic E-state index is 0.142. The molecule has 2 N–H and O–H groups in total. The van der Waals surface area contributed by atoms with Crippen molar-refractivity contribution in [2.24, 2.45) is 5.73 Å². The fourth-order valence-corrected chi connectivity index (χ4v) is 1.64. The Bertz CT molecular complexity index is 438. The SMILES string of the molecule is Cc1ncc(C(CN)c2ccncc2)cn1. The molecule has 0 saturated carbocycles. The second-order valence-electron chi connectivity index (χ2n) is 3.63. The van der Waals surface area contributed by atoms with E-state index in [0.29, 0.717) is 6.54 Å². The van der Waals surface area contributed by atoms with Crippen LogP contribution in [0.3, 0.4) is 0 Å². The summed E-state index contributed by atoms with van der Waals surface area (Å²) in [6.07, 6.45) is 7.21. The Morgan fingerprint density at radius 1 is 1.12 bits per heavy atom. The lowest BCUT2D eigenvalue weighted by atomic mass is 9.94. The second-order valence-corrected chi connectivity index (χ2v) is 3.63. The van der Waals surface area contributed by atoms with Crippen molar-refractivity contribution in [2.75, 3.05) is 6.54 Å². The first-order valence-corrected chi connectivity index (χ1v) is 5.20. The van der Waals surface area contributed by atoms with E-state index in [9.17, 15) is 0 Å². The highest BCUT2D eigenvalue weighted by Crippen LogP contribution is 2.21. The molecule has 0 fully saturated rings. The van der Waals surface area contributed by atoms with Gasteiger partial charge >= 0.3 is 0 Å². The van der Waals surface area contributed by atoms with Gasteiger partial charge in [0.25, 0.3) is 0 Å². The largest absolute Gasteiger partial charge is 0.330 e. The normalized spacial score (nSPS) is 12.4. The molecule has 0 amide bonds. The maximum Gasteiger partial charge on any atom is 0.125 e. The lowest BCUT2D eigenvalue weighted by molar-refractivity contribution is 0.798. The van der Waals surface area contributed by atoms with Crippen molar-refractivity contribution in [1.82, 2.24) is 15.0 Å². The Balaban J connectivity index is 2.33. The van der Waals surface area contributed by atoms with Gasteiger partial charge in [-0.15, -0.1) is 0 Å². The van der Waals surface area contributed by atoms with Gasteiger partial charge < -0.3 is 5.73 Å². The summed E-state index contributed by atoms with van der Waals surface area (Å²) < 4.78 is 0. The average molecular weight is 214 g/mol. The van der Waals surface area contributed by atoms with Gasteiger partial charge in [0.1, 0.15) is 5.82 Å².